The van der Waals surface area contributed by atoms with E-state index in [1.807, 2.05) is 26.0 Å². The number of nitriles is 2. The zero-order chi connectivity index (χ0) is 16.9. The van der Waals surface area contributed by atoms with Gasteiger partial charge in [-0.1, -0.05) is 13.8 Å². The second-order valence-electron chi connectivity index (χ2n) is 5.68. The van der Waals surface area contributed by atoms with Crippen molar-refractivity contribution in [3.8, 4) is 12.1 Å². The maximum atomic E-state index is 11.9. The third-order valence-electron chi connectivity index (χ3n) is 3.27. The molecule has 0 saturated carbocycles. The average Bonchev–Trinajstić information content (AvgIpc) is 2.71. The molecule has 0 aliphatic carbocycles. The Morgan fingerprint density at radius 3 is 2.50 bits per heavy atom. The Hall–Kier alpha value is -2.53. The van der Waals surface area contributed by atoms with Gasteiger partial charge in [0.05, 0.1) is 0 Å². The first-order valence-corrected chi connectivity index (χ1v) is 7.19. The van der Waals surface area contributed by atoms with Crippen LogP contribution in [-0.2, 0) is 16.1 Å². The SMILES string of the molecule is Cc1cc(/C=C(\C#N)C(=O)O[C@@H](C)C#N)c(C)n1CC(C)C. The minimum absolute atomic E-state index is 0.105. The molecule has 0 aromatic carbocycles. The lowest BCUT2D eigenvalue weighted by Crippen LogP contribution is -2.14. The van der Waals surface area contributed by atoms with Gasteiger partial charge in [-0.3, -0.25) is 0 Å². The summed E-state index contributed by atoms with van der Waals surface area (Å²) in [6, 6.07) is 5.59. The zero-order valence-electron chi connectivity index (χ0n) is 13.7. The largest absolute Gasteiger partial charge is 0.443 e. The smallest absolute Gasteiger partial charge is 0.350 e. The fourth-order valence-corrected chi connectivity index (χ4v) is 2.16. The van der Waals surface area contributed by atoms with Crippen LogP contribution in [0, 0.1) is 42.4 Å². The summed E-state index contributed by atoms with van der Waals surface area (Å²) in [4.78, 5) is 11.9. The van der Waals surface area contributed by atoms with E-state index in [-0.39, 0.29) is 5.57 Å². The molecule has 5 heteroatoms. The number of esters is 1. The van der Waals surface area contributed by atoms with Crippen molar-refractivity contribution < 1.29 is 9.53 Å². The van der Waals surface area contributed by atoms with Crippen LogP contribution in [0.25, 0.3) is 6.08 Å². The van der Waals surface area contributed by atoms with E-state index in [1.165, 1.54) is 13.0 Å². The molecule has 0 fully saturated rings. The third-order valence-corrected chi connectivity index (χ3v) is 3.27. The predicted octanol–water partition coefficient (Wildman–Crippen LogP) is 3.12. The summed E-state index contributed by atoms with van der Waals surface area (Å²) in [6.45, 7) is 10.6. The van der Waals surface area contributed by atoms with Crippen molar-refractivity contribution in [2.45, 2.75) is 47.3 Å². The van der Waals surface area contributed by atoms with E-state index < -0.39 is 12.1 Å². The minimum Gasteiger partial charge on any atom is -0.443 e. The summed E-state index contributed by atoms with van der Waals surface area (Å²) in [5.41, 5.74) is 2.79. The Labute approximate surface area is 131 Å². The van der Waals surface area contributed by atoms with Crippen LogP contribution in [0.2, 0.25) is 0 Å². The monoisotopic (exact) mass is 299 g/mol. The molecule has 22 heavy (non-hydrogen) atoms. The molecule has 0 N–H and O–H groups in total. The standard InChI is InChI=1S/C17H21N3O2/c1-11(2)10-20-12(3)6-15(14(20)5)7-16(9-19)17(21)22-13(4)8-18/h6-7,11,13H,10H2,1-5H3/b16-7+/t13-/m0/s1. The van der Waals surface area contributed by atoms with Crippen LogP contribution >= 0.6 is 0 Å². The van der Waals surface area contributed by atoms with Gasteiger partial charge < -0.3 is 9.30 Å². The number of nitrogens with zero attached hydrogens (tertiary/aromatic N) is 3. The predicted molar refractivity (Wildman–Crippen MR) is 83.5 cm³/mol. The second-order valence-corrected chi connectivity index (χ2v) is 5.68. The van der Waals surface area contributed by atoms with E-state index in [4.69, 9.17) is 15.3 Å². The van der Waals surface area contributed by atoms with Crippen molar-refractivity contribution in [3.05, 3.63) is 28.6 Å². The van der Waals surface area contributed by atoms with Gasteiger partial charge in [0.15, 0.2) is 6.10 Å². The number of carbonyl (C=O) groups is 1. The number of ether oxygens (including phenoxy) is 1. The Bertz CT molecular complexity index is 669. The first-order valence-electron chi connectivity index (χ1n) is 7.19. The maximum absolute atomic E-state index is 11.9. The first kappa shape index (κ1) is 17.5. The molecule has 1 atom stereocenters. The van der Waals surface area contributed by atoms with Crippen molar-refractivity contribution in [3.63, 3.8) is 0 Å². The average molecular weight is 299 g/mol. The van der Waals surface area contributed by atoms with Gasteiger partial charge in [0.1, 0.15) is 17.7 Å². The van der Waals surface area contributed by atoms with Gasteiger partial charge in [-0.05, 0) is 44.4 Å². The summed E-state index contributed by atoms with van der Waals surface area (Å²) >= 11 is 0. The zero-order valence-corrected chi connectivity index (χ0v) is 13.7. The van der Waals surface area contributed by atoms with Crippen molar-refractivity contribution in [2.75, 3.05) is 0 Å². The van der Waals surface area contributed by atoms with Gasteiger partial charge in [0, 0.05) is 17.9 Å². The molecule has 1 heterocycles. The van der Waals surface area contributed by atoms with Crippen LogP contribution in [0.3, 0.4) is 0 Å². The van der Waals surface area contributed by atoms with E-state index in [0.29, 0.717) is 5.92 Å². The van der Waals surface area contributed by atoms with Crippen molar-refractivity contribution in [1.82, 2.24) is 4.57 Å². The molecule has 0 radical (unpaired) electrons. The van der Waals surface area contributed by atoms with Crippen molar-refractivity contribution in [2.24, 2.45) is 5.92 Å². The van der Waals surface area contributed by atoms with E-state index >= 15 is 0 Å². The van der Waals surface area contributed by atoms with Gasteiger partial charge in [-0.15, -0.1) is 0 Å². The van der Waals surface area contributed by atoms with Crippen LogP contribution in [-0.4, -0.2) is 16.6 Å². The van der Waals surface area contributed by atoms with Crippen LogP contribution < -0.4 is 0 Å². The van der Waals surface area contributed by atoms with Gasteiger partial charge in [-0.2, -0.15) is 10.5 Å². The summed E-state index contributed by atoms with van der Waals surface area (Å²) in [7, 11) is 0. The Morgan fingerprint density at radius 2 is 2.00 bits per heavy atom. The molecule has 5 nitrogen and oxygen atoms in total. The minimum atomic E-state index is -0.877. The van der Waals surface area contributed by atoms with Gasteiger partial charge >= 0.3 is 5.97 Å². The maximum Gasteiger partial charge on any atom is 0.350 e. The Balaban J connectivity index is 3.12. The van der Waals surface area contributed by atoms with Crippen molar-refractivity contribution >= 4 is 12.0 Å². The molecule has 0 saturated heterocycles. The molecule has 1 aromatic heterocycles. The van der Waals surface area contributed by atoms with E-state index in [2.05, 4.69) is 18.4 Å². The Kier molecular flexibility index (Phi) is 5.95. The van der Waals surface area contributed by atoms with E-state index in [9.17, 15) is 4.79 Å². The topological polar surface area (TPSA) is 78.8 Å². The number of aromatic nitrogens is 1. The molecule has 0 spiro atoms. The van der Waals surface area contributed by atoms with Crippen LogP contribution in [0.1, 0.15) is 37.7 Å². The fraction of sp³-hybridized carbons (Fsp3) is 0.471. The lowest BCUT2D eigenvalue weighted by molar-refractivity contribution is -0.140. The molecule has 1 aromatic rings. The highest BCUT2D eigenvalue weighted by Crippen LogP contribution is 2.20. The summed E-state index contributed by atoms with van der Waals surface area (Å²) in [6.07, 6.45) is 0.642. The number of hydrogen-bond acceptors (Lipinski definition) is 4. The highest BCUT2D eigenvalue weighted by Gasteiger charge is 2.16. The molecule has 0 bridgehead atoms. The molecule has 0 unspecified atom stereocenters. The van der Waals surface area contributed by atoms with Crippen LogP contribution in [0.4, 0.5) is 0 Å². The Morgan fingerprint density at radius 1 is 1.36 bits per heavy atom. The molecule has 116 valence electrons. The molecular formula is C17H21N3O2. The van der Waals surface area contributed by atoms with E-state index in [0.717, 1.165) is 23.5 Å². The highest BCUT2D eigenvalue weighted by atomic mass is 16.5. The number of aryl methyl sites for hydroxylation is 1. The molecule has 1 rings (SSSR count). The summed E-state index contributed by atoms with van der Waals surface area (Å²) < 4.78 is 7.03. The number of carbonyl (C=O) groups excluding carboxylic acids is 1. The molecule has 0 aliphatic heterocycles. The quantitative estimate of drug-likeness (QED) is 0.475. The summed E-state index contributed by atoms with van der Waals surface area (Å²) in [5.74, 6) is -0.274. The fourth-order valence-electron chi connectivity index (χ4n) is 2.16. The number of rotatable bonds is 5. The first-order chi connectivity index (χ1) is 10.3. The van der Waals surface area contributed by atoms with Crippen LogP contribution in [0.15, 0.2) is 11.6 Å². The second kappa shape index (κ2) is 7.47. The lowest BCUT2D eigenvalue weighted by atomic mass is 10.1. The van der Waals surface area contributed by atoms with Gasteiger partial charge in [0.2, 0.25) is 0 Å². The normalized spacial score (nSPS) is 12.6. The van der Waals surface area contributed by atoms with Crippen molar-refractivity contribution in [1.29, 1.82) is 10.5 Å². The molecular weight excluding hydrogens is 278 g/mol. The lowest BCUT2D eigenvalue weighted by Gasteiger charge is -2.12. The third kappa shape index (κ3) is 4.23. The summed E-state index contributed by atoms with van der Waals surface area (Å²) in [5, 5.41) is 17.8. The highest BCUT2D eigenvalue weighted by molar-refractivity contribution is 5.98. The van der Waals surface area contributed by atoms with Gasteiger partial charge in [0.25, 0.3) is 0 Å². The van der Waals surface area contributed by atoms with Gasteiger partial charge in [-0.25, -0.2) is 4.79 Å². The van der Waals surface area contributed by atoms with Crippen LogP contribution in [0.5, 0.6) is 0 Å². The van der Waals surface area contributed by atoms with E-state index in [1.54, 1.807) is 6.07 Å². The molecule has 0 aliphatic rings. The number of hydrogen-bond donors (Lipinski definition) is 0. The molecule has 0 amide bonds.